The first-order chi connectivity index (χ1) is 10.9. The van der Waals surface area contributed by atoms with Crippen molar-refractivity contribution in [2.24, 2.45) is 0 Å². The Hall–Kier alpha value is -1.80. The number of rotatable bonds is 10. The minimum atomic E-state index is -3.27. The van der Waals surface area contributed by atoms with Gasteiger partial charge < -0.3 is 14.8 Å². The molecule has 1 aromatic carbocycles. The molecule has 0 saturated heterocycles. The van der Waals surface area contributed by atoms with Crippen LogP contribution < -0.4 is 19.5 Å². The zero-order valence-electron chi connectivity index (χ0n) is 13.7. The molecule has 0 saturated carbocycles. The predicted molar refractivity (Wildman–Crippen MR) is 88.6 cm³/mol. The number of ether oxygens (including phenoxy) is 2. The number of nitrogens with one attached hydrogen (secondary N) is 2. The van der Waals surface area contributed by atoms with E-state index in [0.717, 1.165) is 6.42 Å². The summed E-state index contributed by atoms with van der Waals surface area (Å²) in [4.78, 5) is 12.1. The molecule has 1 rings (SSSR count). The topological polar surface area (TPSA) is 93.7 Å². The fraction of sp³-hybridized carbons (Fsp3) is 0.533. The zero-order valence-corrected chi connectivity index (χ0v) is 14.5. The molecule has 0 aliphatic carbocycles. The number of amides is 1. The van der Waals surface area contributed by atoms with Crippen molar-refractivity contribution in [3.05, 3.63) is 23.8 Å². The molecule has 1 amide bonds. The fourth-order valence-electron chi connectivity index (χ4n) is 1.83. The van der Waals surface area contributed by atoms with Gasteiger partial charge in [0.15, 0.2) is 0 Å². The molecule has 130 valence electrons. The van der Waals surface area contributed by atoms with Gasteiger partial charge in [0.2, 0.25) is 10.0 Å². The number of methoxy groups -OCH3 is 2. The summed E-state index contributed by atoms with van der Waals surface area (Å²) in [6.45, 7) is 2.28. The van der Waals surface area contributed by atoms with Crippen molar-refractivity contribution in [1.82, 2.24) is 10.0 Å². The highest BCUT2D eigenvalue weighted by Gasteiger charge is 2.11. The Morgan fingerprint density at radius 3 is 2.22 bits per heavy atom. The van der Waals surface area contributed by atoms with Crippen molar-refractivity contribution in [3.63, 3.8) is 0 Å². The largest absolute Gasteiger partial charge is 0.497 e. The lowest BCUT2D eigenvalue weighted by Crippen LogP contribution is -2.35. The van der Waals surface area contributed by atoms with E-state index in [1.165, 1.54) is 14.2 Å². The van der Waals surface area contributed by atoms with Crippen molar-refractivity contribution < 1.29 is 22.7 Å². The van der Waals surface area contributed by atoms with Crippen LogP contribution in [-0.2, 0) is 10.0 Å². The summed E-state index contributed by atoms with van der Waals surface area (Å²) >= 11 is 0. The monoisotopic (exact) mass is 344 g/mol. The Morgan fingerprint density at radius 1 is 1.09 bits per heavy atom. The van der Waals surface area contributed by atoms with Gasteiger partial charge in [0.05, 0.1) is 20.0 Å². The standard InChI is InChI=1S/C15H24N2O5S/c1-4-5-8-23(19,20)17-7-6-16-15(18)12-9-13(21-2)11-14(10-12)22-3/h9-11,17H,4-8H2,1-3H3,(H,16,18). The van der Waals surface area contributed by atoms with Gasteiger partial charge in [-0.1, -0.05) is 13.3 Å². The van der Waals surface area contributed by atoms with Crippen molar-refractivity contribution in [2.75, 3.05) is 33.1 Å². The molecule has 0 heterocycles. The summed E-state index contributed by atoms with van der Waals surface area (Å²) in [5.74, 6) is 0.796. The van der Waals surface area contributed by atoms with E-state index in [4.69, 9.17) is 9.47 Å². The molecule has 0 atom stereocenters. The Kier molecular flexibility index (Phi) is 7.84. The summed E-state index contributed by atoms with van der Waals surface area (Å²) in [5, 5.41) is 2.65. The summed E-state index contributed by atoms with van der Waals surface area (Å²) in [5.41, 5.74) is 0.384. The molecule has 0 aliphatic rings. The smallest absolute Gasteiger partial charge is 0.251 e. The first-order valence-corrected chi connectivity index (χ1v) is 9.05. The van der Waals surface area contributed by atoms with Crippen LogP contribution in [0.5, 0.6) is 11.5 Å². The van der Waals surface area contributed by atoms with Gasteiger partial charge in [-0.15, -0.1) is 0 Å². The van der Waals surface area contributed by atoms with Crippen molar-refractivity contribution in [2.45, 2.75) is 19.8 Å². The summed E-state index contributed by atoms with van der Waals surface area (Å²) < 4.78 is 35.9. The number of sulfonamides is 1. The highest BCUT2D eigenvalue weighted by molar-refractivity contribution is 7.89. The van der Waals surface area contributed by atoms with Crippen molar-refractivity contribution >= 4 is 15.9 Å². The lowest BCUT2D eigenvalue weighted by Gasteiger charge is -2.10. The van der Waals surface area contributed by atoms with Crippen LogP contribution in [0.2, 0.25) is 0 Å². The summed E-state index contributed by atoms with van der Waals surface area (Å²) in [6, 6.07) is 4.84. The SMILES string of the molecule is CCCCS(=O)(=O)NCCNC(=O)c1cc(OC)cc(OC)c1. The molecular formula is C15H24N2O5S. The van der Waals surface area contributed by atoms with Crippen LogP contribution in [0, 0.1) is 0 Å². The first-order valence-electron chi connectivity index (χ1n) is 7.40. The van der Waals surface area contributed by atoms with Crippen LogP contribution in [0.15, 0.2) is 18.2 Å². The van der Waals surface area contributed by atoms with Gasteiger partial charge in [0.25, 0.3) is 5.91 Å². The first kappa shape index (κ1) is 19.2. The predicted octanol–water partition coefficient (Wildman–Crippen LogP) is 1.15. The third-order valence-electron chi connectivity index (χ3n) is 3.11. The highest BCUT2D eigenvalue weighted by atomic mass is 32.2. The molecule has 23 heavy (non-hydrogen) atoms. The molecule has 2 N–H and O–H groups in total. The van der Waals surface area contributed by atoms with Gasteiger partial charge >= 0.3 is 0 Å². The van der Waals surface area contributed by atoms with Crippen LogP contribution in [0.25, 0.3) is 0 Å². The molecule has 7 nitrogen and oxygen atoms in total. The molecule has 0 bridgehead atoms. The third kappa shape index (κ3) is 6.87. The Bertz CT molecular complexity index is 594. The van der Waals surface area contributed by atoms with E-state index in [1.807, 2.05) is 6.92 Å². The summed E-state index contributed by atoms with van der Waals surface area (Å²) in [7, 11) is -0.266. The van der Waals surface area contributed by atoms with E-state index in [9.17, 15) is 13.2 Å². The minimum Gasteiger partial charge on any atom is -0.497 e. The van der Waals surface area contributed by atoms with Crippen LogP contribution in [-0.4, -0.2) is 47.4 Å². The van der Waals surface area contributed by atoms with E-state index in [-0.39, 0.29) is 24.7 Å². The van der Waals surface area contributed by atoms with Crippen LogP contribution >= 0.6 is 0 Å². The van der Waals surface area contributed by atoms with E-state index in [2.05, 4.69) is 10.0 Å². The number of carbonyl (C=O) groups excluding carboxylic acids is 1. The van der Waals surface area contributed by atoms with E-state index >= 15 is 0 Å². The van der Waals surface area contributed by atoms with Gasteiger partial charge in [0.1, 0.15) is 11.5 Å². The number of carbonyl (C=O) groups is 1. The average Bonchev–Trinajstić information content (AvgIpc) is 2.56. The second kappa shape index (κ2) is 9.36. The number of hydrogen-bond acceptors (Lipinski definition) is 5. The van der Waals surface area contributed by atoms with Gasteiger partial charge in [-0.25, -0.2) is 13.1 Å². The molecule has 8 heteroatoms. The van der Waals surface area contributed by atoms with Crippen LogP contribution in [0.3, 0.4) is 0 Å². The maximum absolute atomic E-state index is 12.1. The number of benzene rings is 1. The lowest BCUT2D eigenvalue weighted by atomic mass is 10.2. The van der Waals surface area contributed by atoms with E-state index in [0.29, 0.717) is 23.5 Å². The molecule has 0 fully saturated rings. The van der Waals surface area contributed by atoms with Gasteiger partial charge in [0, 0.05) is 24.7 Å². The van der Waals surface area contributed by atoms with Crippen LogP contribution in [0.4, 0.5) is 0 Å². The van der Waals surface area contributed by atoms with E-state index < -0.39 is 10.0 Å². The maximum Gasteiger partial charge on any atom is 0.251 e. The normalized spacial score (nSPS) is 11.1. The van der Waals surface area contributed by atoms with Gasteiger partial charge in [-0.05, 0) is 18.6 Å². The van der Waals surface area contributed by atoms with E-state index in [1.54, 1.807) is 18.2 Å². The number of hydrogen-bond donors (Lipinski definition) is 2. The second-order valence-corrected chi connectivity index (χ2v) is 6.85. The van der Waals surface area contributed by atoms with Gasteiger partial charge in [-0.3, -0.25) is 4.79 Å². The number of unbranched alkanes of at least 4 members (excludes halogenated alkanes) is 1. The summed E-state index contributed by atoms with van der Waals surface area (Å²) in [6.07, 6.45) is 1.43. The molecule has 0 aromatic heterocycles. The molecule has 1 aromatic rings. The fourth-order valence-corrected chi connectivity index (χ4v) is 3.06. The molecule has 0 aliphatic heterocycles. The maximum atomic E-state index is 12.1. The van der Waals surface area contributed by atoms with Crippen molar-refractivity contribution in [1.29, 1.82) is 0 Å². The zero-order chi connectivity index (χ0) is 17.3. The molecule has 0 radical (unpaired) electrons. The Morgan fingerprint density at radius 2 is 1.70 bits per heavy atom. The molecule has 0 unspecified atom stereocenters. The average molecular weight is 344 g/mol. The second-order valence-electron chi connectivity index (χ2n) is 4.92. The quantitative estimate of drug-likeness (QED) is 0.621. The minimum absolute atomic E-state index is 0.102. The molecule has 0 spiro atoms. The third-order valence-corrected chi connectivity index (χ3v) is 4.58. The lowest BCUT2D eigenvalue weighted by molar-refractivity contribution is 0.0953. The van der Waals surface area contributed by atoms with Crippen LogP contribution in [0.1, 0.15) is 30.1 Å². The molecular weight excluding hydrogens is 320 g/mol. The Balaban J connectivity index is 2.51. The highest BCUT2D eigenvalue weighted by Crippen LogP contribution is 2.22. The van der Waals surface area contributed by atoms with Gasteiger partial charge in [-0.2, -0.15) is 0 Å². The van der Waals surface area contributed by atoms with Crippen molar-refractivity contribution in [3.8, 4) is 11.5 Å². The Labute approximate surface area is 137 Å².